The molecule has 0 aliphatic carbocycles. The van der Waals surface area contributed by atoms with E-state index >= 15 is 0 Å². The maximum absolute atomic E-state index is 10.7. The van der Waals surface area contributed by atoms with E-state index in [1.165, 1.54) is 0 Å². The normalized spacial score (nSPS) is 15.6. The van der Waals surface area contributed by atoms with Crippen molar-refractivity contribution in [3.63, 3.8) is 0 Å². The highest BCUT2D eigenvalue weighted by molar-refractivity contribution is 5.57. The molecule has 0 spiro atoms. The van der Waals surface area contributed by atoms with Crippen LogP contribution in [0.4, 0.5) is 4.79 Å². The first-order chi connectivity index (χ1) is 8.19. The van der Waals surface area contributed by atoms with Gasteiger partial charge in [-0.25, -0.2) is 4.79 Å². The van der Waals surface area contributed by atoms with Gasteiger partial charge in [-0.1, -0.05) is 26.7 Å². The molecule has 0 amide bonds. The number of ether oxygens (including phenoxy) is 1. The van der Waals surface area contributed by atoms with Crippen molar-refractivity contribution < 1.29 is 14.6 Å². The summed E-state index contributed by atoms with van der Waals surface area (Å²) in [5.41, 5.74) is 0. The quantitative estimate of drug-likeness (QED) is 0.695. The van der Waals surface area contributed by atoms with Crippen molar-refractivity contribution in [2.24, 2.45) is 0 Å². The molecule has 0 aromatic rings. The van der Waals surface area contributed by atoms with Crippen LogP contribution < -0.4 is 0 Å². The van der Waals surface area contributed by atoms with Gasteiger partial charge in [0.25, 0.3) is 6.35 Å². The Hall–Kier alpha value is -1.39. The number of hydrogen-bond donors (Lipinski definition) is 1. The summed E-state index contributed by atoms with van der Waals surface area (Å²) in [6.07, 6.45) is 6.36. The zero-order valence-electron chi connectivity index (χ0n) is 10.6. The van der Waals surface area contributed by atoms with Gasteiger partial charge in [-0.2, -0.15) is 0 Å². The fourth-order valence-corrected chi connectivity index (χ4v) is 1.79. The van der Waals surface area contributed by atoms with Crippen molar-refractivity contribution in [3.8, 4) is 0 Å². The minimum Gasteiger partial charge on any atom is -0.450 e. The summed E-state index contributed by atoms with van der Waals surface area (Å²) < 4.78 is 4.94. The summed E-state index contributed by atoms with van der Waals surface area (Å²) in [6.45, 7) is 5.88. The second-order valence-electron chi connectivity index (χ2n) is 4.19. The fourth-order valence-electron chi connectivity index (χ4n) is 1.79. The average molecular weight is 242 g/mol. The lowest BCUT2D eigenvalue weighted by molar-refractivity contribution is -0.0762. The molecule has 0 aromatic heterocycles. The minimum absolute atomic E-state index is 0.481. The Kier molecular flexibility index (Phi) is 5.66. The minimum atomic E-state index is -1.22. The van der Waals surface area contributed by atoms with Crippen LogP contribution in [0, 0.1) is 0 Å². The van der Waals surface area contributed by atoms with Crippen molar-refractivity contribution in [2.45, 2.75) is 45.9 Å². The zero-order chi connectivity index (χ0) is 12.7. The molecule has 5 nitrogen and oxygen atoms in total. The van der Waals surface area contributed by atoms with Crippen LogP contribution >= 0.6 is 0 Å². The van der Waals surface area contributed by atoms with Crippen molar-refractivity contribution in [1.82, 2.24) is 9.80 Å². The van der Waals surface area contributed by atoms with E-state index < -0.39 is 12.5 Å². The van der Waals surface area contributed by atoms with E-state index in [-0.39, 0.29) is 0 Å². The first kappa shape index (κ1) is 13.7. The molecule has 5 heteroatoms. The Morgan fingerprint density at radius 1 is 1.18 bits per heavy atom. The van der Waals surface area contributed by atoms with E-state index in [9.17, 15) is 4.79 Å². The van der Waals surface area contributed by atoms with Gasteiger partial charge >= 0.3 is 6.16 Å². The smallest absolute Gasteiger partial charge is 0.450 e. The van der Waals surface area contributed by atoms with Crippen molar-refractivity contribution >= 4 is 6.16 Å². The zero-order valence-corrected chi connectivity index (χ0v) is 10.6. The Bertz CT molecular complexity index is 250. The molecule has 17 heavy (non-hydrogen) atoms. The molecule has 0 saturated heterocycles. The van der Waals surface area contributed by atoms with Crippen LogP contribution in [0.5, 0.6) is 0 Å². The number of carbonyl (C=O) groups is 1. The molecular weight excluding hydrogens is 220 g/mol. The van der Waals surface area contributed by atoms with Crippen LogP contribution in [-0.4, -0.2) is 40.5 Å². The molecule has 98 valence electrons. The summed E-state index contributed by atoms with van der Waals surface area (Å²) in [6, 6.07) is 0. The molecule has 0 radical (unpaired) electrons. The molecule has 1 aliphatic rings. The van der Waals surface area contributed by atoms with Crippen molar-refractivity contribution in [2.75, 3.05) is 13.1 Å². The van der Waals surface area contributed by atoms with Gasteiger partial charge in [0.05, 0.1) is 0 Å². The first-order valence-electron chi connectivity index (χ1n) is 6.28. The fraction of sp³-hybridized carbons (Fsp3) is 0.750. The SMILES string of the molecule is CCCCN1C=CN(CCCC)C1OC(=O)O. The average Bonchev–Trinajstić information content (AvgIpc) is 2.65. The lowest BCUT2D eigenvalue weighted by Crippen LogP contribution is -2.42. The molecule has 0 aromatic carbocycles. The Morgan fingerprint density at radius 2 is 1.65 bits per heavy atom. The number of nitrogens with zero attached hydrogens (tertiary/aromatic N) is 2. The third kappa shape index (κ3) is 4.17. The summed E-state index contributed by atoms with van der Waals surface area (Å²) >= 11 is 0. The number of carboxylic acid groups (broad SMARTS) is 1. The van der Waals surface area contributed by atoms with Gasteiger partial charge < -0.3 is 19.6 Å². The van der Waals surface area contributed by atoms with E-state index in [0.717, 1.165) is 38.8 Å². The monoisotopic (exact) mass is 242 g/mol. The van der Waals surface area contributed by atoms with Crippen molar-refractivity contribution in [1.29, 1.82) is 0 Å². The molecule has 0 bridgehead atoms. The molecule has 1 aliphatic heterocycles. The predicted octanol–water partition coefficient (Wildman–Crippen LogP) is 2.65. The third-order valence-electron chi connectivity index (χ3n) is 2.76. The van der Waals surface area contributed by atoms with Crippen LogP contribution in [0.1, 0.15) is 39.5 Å². The van der Waals surface area contributed by atoms with Crippen LogP contribution in [-0.2, 0) is 4.74 Å². The Labute approximate surface area is 103 Å². The van der Waals surface area contributed by atoms with Crippen LogP contribution in [0.25, 0.3) is 0 Å². The number of rotatable bonds is 7. The lowest BCUT2D eigenvalue weighted by Gasteiger charge is -2.30. The van der Waals surface area contributed by atoms with Gasteiger partial charge in [0.15, 0.2) is 0 Å². The van der Waals surface area contributed by atoms with Gasteiger partial charge in [0.1, 0.15) is 0 Å². The molecule has 1 N–H and O–H groups in total. The molecule has 0 unspecified atom stereocenters. The second kappa shape index (κ2) is 7.04. The summed E-state index contributed by atoms with van der Waals surface area (Å²) in [5, 5.41) is 8.76. The molecule has 0 fully saturated rings. The largest absolute Gasteiger partial charge is 0.509 e. The Balaban J connectivity index is 2.53. The van der Waals surface area contributed by atoms with Gasteiger partial charge in [-0.05, 0) is 12.8 Å². The van der Waals surface area contributed by atoms with Crippen molar-refractivity contribution in [3.05, 3.63) is 12.4 Å². The second-order valence-corrected chi connectivity index (χ2v) is 4.19. The highest BCUT2D eigenvalue weighted by atomic mass is 16.7. The van der Waals surface area contributed by atoms with Crippen LogP contribution in [0.3, 0.4) is 0 Å². The first-order valence-corrected chi connectivity index (χ1v) is 6.28. The van der Waals surface area contributed by atoms with Gasteiger partial charge in [-0.3, -0.25) is 0 Å². The number of unbranched alkanes of at least 4 members (excludes halogenated alkanes) is 2. The summed E-state index contributed by atoms with van der Waals surface area (Å²) in [7, 11) is 0. The van der Waals surface area contributed by atoms with Gasteiger partial charge in [0, 0.05) is 25.5 Å². The predicted molar refractivity (Wildman–Crippen MR) is 65.3 cm³/mol. The van der Waals surface area contributed by atoms with Gasteiger partial charge in [-0.15, -0.1) is 0 Å². The number of hydrogen-bond acceptors (Lipinski definition) is 4. The van der Waals surface area contributed by atoms with E-state index in [1.54, 1.807) is 0 Å². The standard InChI is InChI=1S/C12H22N2O3/c1-3-5-7-13-9-10-14(8-6-4-2)11(13)17-12(15)16/h9-11H,3-8H2,1-2H3,(H,15,16). The van der Waals surface area contributed by atoms with E-state index in [4.69, 9.17) is 9.84 Å². The maximum Gasteiger partial charge on any atom is 0.509 e. The van der Waals surface area contributed by atoms with Crippen LogP contribution in [0.15, 0.2) is 12.4 Å². The van der Waals surface area contributed by atoms with Crippen LogP contribution in [0.2, 0.25) is 0 Å². The lowest BCUT2D eigenvalue weighted by atomic mass is 10.3. The van der Waals surface area contributed by atoms with Gasteiger partial charge in [0.2, 0.25) is 0 Å². The topological polar surface area (TPSA) is 53.0 Å². The van der Waals surface area contributed by atoms with E-state index in [2.05, 4.69) is 13.8 Å². The molecular formula is C12H22N2O3. The van der Waals surface area contributed by atoms with E-state index in [0.29, 0.717) is 0 Å². The maximum atomic E-state index is 10.7. The van der Waals surface area contributed by atoms with E-state index in [1.807, 2.05) is 22.2 Å². The highest BCUT2D eigenvalue weighted by Crippen LogP contribution is 2.18. The third-order valence-corrected chi connectivity index (χ3v) is 2.76. The summed E-state index contributed by atoms with van der Waals surface area (Å²) in [4.78, 5) is 14.6. The Morgan fingerprint density at radius 3 is 2.00 bits per heavy atom. The molecule has 1 rings (SSSR count). The summed E-state index contributed by atoms with van der Waals surface area (Å²) in [5.74, 6) is 0. The molecule has 0 saturated carbocycles. The molecule has 0 atom stereocenters. The molecule has 1 heterocycles. The highest BCUT2D eigenvalue weighted by Gasteiger charge is 2.28.